The molecule has 0 bridgehead atoms. The fourth-order valence-corrected chi connectivity index (χ4v) is 3.36. The third-order valence-electron chi connectivity index (χ3n) is 4.53. The summed E-state index contributed by atoms with van der Waals surface area (Å²) in [5.74, 6) is -0.497. The van der Waals surface area contributed by atoms with Crippen LogP contribution < -0.4 is 10.1 Å². The molecule has 3 aromatic rings. The standard InChI is InChI=1S/C21H23ClN2O4/c1-13(23-11-18(25)14-4-2-5-16(22)9-14)8-15-10-24-21-17(15)6-3-7-19(21)28-12-20(26)27/h2-7,9-10,13,18,23-25H,8,11-12H2,1H3,(H,26,27)/t13-,18+/m1/s1/i12+2,18+2. The van der Waals surface area contributed by atoms with E-state index in [9.17, 15) is 9.90 Å². The number of ether oxygens (including phenoxy) is 1. The Morgan fingerprint density at radius 3 is 2.89 bits per heavy atom. The third-order valence-corrected chi connectivity index (χ3v) is 4.77. The van der Waals surface area contributed by atoms with Crippen LogP contribution in [0.25, 0.3) is 10.9 Å². The average Bonchev–Trinajstić information content (AvgIpc) is 3.07. The van der Waals surface area contributed by atoms with Crippen molar-refractivity contribution < 1.29 is 19.7 Å². The van der Waals surface area contributed by atoms with E-state index in [1.807, 2.05) is 37.4 Å². The number of nitrogens with one attached hydrogen (secondary N) is 2. The molecule has 0 aliphatic rings. The van der Waals surface area contributed by atoms with Crippen LogP contribution in [0.15, 0.2) is 48.7 Å². The number of carbonyl (C=O) groups is 1. The third kappa shape index (κ3) is 5.04. The molecule has 28 heavy (non-hydrogen) atoms. The molecule has 1 aromatic heterocycles. The lowest BCUT2D eigenvalue weighted by atomic mass is 10.1. The Hall–Kier alpha value is -2.54. The minimum Gasteiger partial charge on any atom is -0.480 e. The van der Waals surface area contributed by atoms with Crippen molar-refractivity contribution in [2.45, 2.75) is 25.5 Å². The maximum Gasteiger partial charge on any atom is 0.341 e. The van der Waals surface area contributed by atoms with E-state index in [4.69, 9.17) is 21.4 Å². The summed E-state index contributed by atoms with van der Waals surface area (Å²) in [5.41, 5.74) is 2.65. The molecule has 0 aliphatic heterocycles. The van der Waals surface area contributed by atoms with Gasteiger partial charge >= 0.3 is 5.97 Å². The predicted octanol–water partition coefficient (Wildman–Crippen LogP) is 3.54. The topological polar surface area (TPSA) is 94.6 Å². The Morgan fingerprint density at radius 1 is 1.36 bits per heavy atom. The Balaban J connectivity index is 1.62. The van der Waals surface area contributed by atoms with Gasteiger partial charge in [0.15, 0.2) is 6.61 Å². The van der Waals surface area contributed by atoms with Crippen molar-refractivity contribution in [3.05, 3.63) is 64.8 Å². The summed E-state index contributed by atoms with van der Waals surface area (Å²) in [6, 6.07) is 12.9. The van der Waals surface area contributed by atoms with Gasteiger partial charge < -0.3 is 25.3 Å². The Kier molecular flexibility index (Phi) is 6.57. The monoisotopic (exact) mass is 406 g/mol. The van der Waals surface area contributed by atoms with Crippen LogP contribution in [0.1, 0.15) is 24.2 Å². The van der Waals surface area contributed by atoms with Crippen LogP contribution in [0, 0.1) is 0 Å². The van der Waals surface area contributed by atoms with E-state index in [-0.39, 0.29) is 12.6 Å². The first-order valence-electron chi connectivity index (χ1n) is 9.04. The summed E-state index contributed by atoms with van der Waals surface area (Å²) < 4.78 is 5.35. The minimum atomic E-state index is -1.01. The summed E-state index contributed by atoms with van der Waals surface area (Å²) in [5, 5.41) is 24.1. The van der Waals surface area contributed by atoms with Gasteiger partial charge in [0.2, 0.25) is 0 Å². The van der Waals surface area contributed by atoms with Gasteiger partial charge in [0, 0.05) is 29.2 Å². The number of carboxylic acids is 1. The molecule has 0 unspecified atom stereocenters. The van der Waals surface area contributed by atoms with Crippen molar-refractivity contribution in [1.29, 1.82) is 0 Å². The number of benzene rings is 2. The molecule has 0 saturated carbocycles. The lowest BCUT2D eigenvalue weighted by Crippen LogP contribution is -2.32. The molecule has 0 amide bonds. The van der Waals surface area contributed by atoms with Crippen molar-refractivity contribution in [3.63, 3.8) is 0 Å². The van der Waals surface area contributed by atoms with Gasteiger partial charge in [-0.05, 0) is 42.7 Å². The first-order chi connectivity index (χ1) is 13.4. The maximum atomic E-state index is 10.7. The summed E-state index contributed by atoms with van der Waals surface area (Å²) in [6.07, 6.45) is 2.01. The molecule has 0 fully saturated rings. The van der Waals surface area contributed by atoms with Gasteiger partial charge in [-0.25, -0.2) is 4.79 Å². The number of H-pyrrole nitrogens is 1. The first kappa shape index (κ1) is 20.2. The van der Waals surface area contributed by atoms with Crippen LogP contribution >= 0.6 is 11.6 Å². The van der Waals surface area contributed by atoms with Crippen LogP contribution in [-0.2, 0) is 11.2 Å². The van der Waals surface area contributed by atoms with Gasteiger partial charge in [-0.15, -0.1) is 0 Å². The fraction of sp³-hybridized carbons (Fsp3) is 0.286. The summed E-state index contributed by atoms with van der Waals surface area (Å²) in [7, 11) is 0. The maximum absolute atomic E-state index is 10.7. The zero-order valence-corrected chi connectivity index (χ0v) is 16.2. The molecule has 1 heterocycles. The minimum absolute atomic E-state index is 0.122. The van der Waals surface area contributed by atoms with E-state index >= 15 is 0 Å². The molecular weight excluding hydrogens is 384 g/mol. The zero-order valence-electron chi connectivity index (χ0n) is 15.5. The van der Waals surface area contributed by atoms with Crippen molar-refractivity contribution in [3.8, 4) is 5.75 Å². The van der Waals surface area contributed by atoms with Gasteiger partial charge in [0.1, 0.15) is 5.75 Å². The highest BCUT2D eigenvalue weighted by atomic mass is 35.5. The Labute approximate surface area is 168 Å². The number of fused-ring (bicyclic) bond motifs is 1. The van der Waals surface area contributed by atoms with Crippen LogP contribution in [0.3, 0.4) is 0 Å². The largest absolute Gasteiger partial charge is 0.480 e. The van der Waals surface area contributed by atoms with E-state index in [0.29, 0.717) is 17.3 Å². The summed E-state index contributed by atoms with van der Waals surface area (Å²) in [4.78, 5) is 13.9. The van der Waals surface area contributed by atoms with E-state index in [1.165, 1.54) is 0 Å². The SMILES string of the molecule is C[C@H](Cc1c[nH]c2c(O[14CH2]C(=O)O)cccc12)NC[14C@H](O)c1cccc(Cl)c1. The Morgan fingerprint density at radius 2 is 2.14 bits per heavy atom. The van der Waals surface area contributed by atoms with E-state index in [1.54, 1.807) is 18.2 Å². The smallest absolute Gasteiger partial charge is 0.341 e. The highest BCUT2D eigenvalue weighted by Crippen LogP contribution is 2.28. The van der Waals surface area contributed by atoms with E-state index < -0.39 is 12.1 Å². The Bertz CT molecular complexity index is 956. The van der Waals surface area contributed by atoms with Crippen LogP contribution in [-0.4, -0.2) is 40.4 Å². The van der Waals surface area contributed by atoms with Crippen LogP contribution in [0.5, 0.6) is 5.75 Å². The molecule has 0 radical (unpaired) electrons. The molecule has 2 atom stereocenters. The normalized spacial score (nSPS) is 13.4. The van der Waals surface area contributed by atoms with Crippen molar-refractivity contribution in [2.24, 2.45) is 0 Å². The number of para-hydroxylation sites is 1. The van der Waals surface area contributed by atoms with Gasteiger partial charge in [0.05, 0.1) is 11.6 Å². The number of aliphatic carboxylic acids is 1. The highest BCUT2D eigenvalue weighted by molar-refractivity contribution is 6.30. The second kappa shape index (κ2) is 9.10. The number of carboxylic acid groups (broad SMARTS) is 1. The van der Waals surface area contributed by atoms with Crippen molar-refractivity contribution in [1.82, 2.24) is 10.3 Å². The van der Waals surface area contributed by atoms with Gasteiger partial charge in [-0.2, -0.15) is 0 Å². The molecule has 2 aromatic carbocycles. The number of aromatic amines is 1. The van der Waals surface area contributed by atoms with E-state index in [0.717, 1.165) is 28.5 Å². The summed E-state index contributed by atoms with van der Waals surface area (Å²) in [6.45, 7) is 2.08. The molecule has 0 spiro atoms. The van der Waals surface area contributed by atoms with Gasteiger partial charge in [-0.3, -0.25) is 0 Å². The molecular formula is C21H23ClN2O4. The molecule has 148 valence electrons. The molecule has 3 rings (SSSR count). The highest BCUT2D eigenvalue weighted by Gasteiger charge is 2.14. The molecule has 7 heteroatoms. The zero-order chi connectivity index (χ0) is 20.1. The predicted molar refractivity (Wildman–Crippen MR) is 109 cm³/mol. The molecule has 0 aliphatic carbocycles. The quantitative estimate of drug-likeness (QED) is 0.436. The number of hydrogen-bond acceptors (Lipinski definition) is 4. The number of halogens is 1. The van der Waals surface area contributed by atoms with Crippen LogP contribution in [0.4, 0.5) is 0 Å². The lowest BCUT2D eigenvalue weighted by molar-refractivity contribution is -0.139. The molecule has 0 saturated heterocycles. The average molecular weight is 407 g/mol. The van der Waals surface area contributed by atoms with Crippen molar-refractivity contribution in [2.75, 3.05) is 13.2 Å². The number of rotatable bonds is 9. The van der Waals surface area contributed by atoms with Gasteiger partial charge in [0.25, 0.3) is 0 Å². The van der Waals surface area contributed by atoms with Gasteiger partial charge in [-0.1, -0.05) is 35.9 Å². The number of hydrogen-bond donors (Lipinski definition) is 4. The lowest BCUT2D eigenvalue weighted by Gasteiger charge is -2.17. The fourth-order valence-electron chi connectivity index (χ4n) is 3.16. The molecule has 6 nitrogen and oxygen atoms in total. The van der Waals surface area contributed by atoms with E-state index in [2.05, 4.69) is 10.3 Å². The van der Waals surface area contributed by atoms with Crippen molar-refractivity contribution >= 4 is 28.5 Å². The van der Waals surface area contributed by atoms with Crippen LogP contribution in [0.2, 0.25) is 5.02 Å². The number of aromatic nitrogens is 1. The second-order valence-corrected chi connectivity index (χ2v) is 7.20. The molecule has 4 N–H and O–H groups in total. The second-order valence-electron chi connectivity index (χ2n) is 6.76. The number of aliphatic hydroxyl groups excluding tert-OH is 1. The first-order valence-corrected chi connectivity index (χ1v) is 9.42. The number of aliphatic hydroxyl groups is 1. The summed E-state index contributed by atoms with van der Waals surface area (Å²) >= 11 is 5.98.